The second-order valence-corrected chi connectivity index (χ2v) is 5.88. The minimum Gasteiger partial charge on any atom is -0.271 e. The smallest absolute Gasteiger partial charge is 0.0719 e. The van der Waals surface area contributed by atoms with Gasteiger partial charge in [-0.3, -0.25) is 16.0 Å². The van der Waals surface area contributed by atoms with E-state index < -0.39 is 0 Å². The van der Waals surface area contributed by atoms with Crippen molar-refractivity contribution in [3.05, 3.63) is 30.0 Å². The molecule has 0 amide bonds. The van der Waals surface area contributed by atoms with Crippen LogP contribution in [0.1, 0.15) is 19.0 Å². The summed E-state index contributed by atoms with van der Waals surface area (Å²) >= 11 is 1.94. The van der Waals surface area contributed by atoms with Crippen LogP contribution in [0.25, 0.3) is 10.9 Å². The van der Waals surface area contributed by atoms with Gasteiger partial charge in [-0.2, -0.15) is 16.9 Å². The lowest BCUT2D eigenvalue weighted by molar-refractivity contribution is 0.565. The lowest BCUT2D eigenvalue weighted by Crippen LogP contribution is -2.39. The van der Waals surface area contributed by atoms with Gasteiger partial charge in [0.05, 0.1) is 11.2 Å². The average molecular weight is 278 g/mol. The van der Waals surface area contributed by atoms with Crippen LogP contribution in [-0.2, 0) is 13.5 Å². The summed E-state index contributed by atoms with van der Waals surface area (Å²) in [4.78, 5) is 0. The Labute approximate surface area is 118 Å². The zero-order valence-electron chi connectivity index (χ0n) is 11.6. The van der Waals surface area contributed by atoms with E-state index in [2.05, 4.69) is 35.6 Å². The normalized spacial score (nSPS) is 13.0. The SMILES string of the molecule is CCCSCC(Cc1nn(C)c2ccccc12)NN. The molecule has 1 unspecified atom stereocenters. The van der Waals surface area contributed by atoms with E-state index in [1.165, 1.54) is 23.1 Å². The van der Waals surface area contributed by atoms with Crippen molar-refractivity contribution in [2.24, 2.45) is 12.9 Å². The number of nitrogens with zero attached hydrogens (tertiary/aromatic N) is 2. The number of thioether (sulfide) groups is 1. The fourth-order valence-corrected chi connectivity index (χ4v) is 3.16. The summed E-state index contributed by atoms with van der Waals surface area (Å²) in [6, 6.07) is 8.61. The van der Waals surface area contributed by atoms with Gasteiger partial charge < -0.3 is 0 Å². The first kappa shape index (κ1) is 14.4. The third-order valence-corrected chi connectivity index (χ3v) is 4.51. The second kappa shape index (κ2) is 6.93. The summed E-state index contributed by atoms with van der Waals surface area (Å²) in [5.74, 6) is 7.86. The molecule has 0 radical (unpaired) electrons. The number of hydrogen-bond acceptors (Lipinski definition) is 4. The predicted octanol–water partition coefficient (Wildman–Crippen LogP) is 2.09. The molecule has 0 aliphatic heterocycles. The van der Waals surface area contributed by atoms with Crippen LogP contribution in [0.5, 0.6) is 0 Å². The van der Waals surface area contributed by atoms with E-state index in [1.54, 1.807) is 0 Å². The highest BCUT2D eigenvalue weighted by Gasteiger charge is 2.13. The predicted molar refractivity (Wildman–Crippen MR) is 83.1 cm³/mol. The van der Waals surface area contributed by atoms with Gasteiger partial charge in [0.25, 0.3) is 0 Å². The maximum absolute atomic E-state index is 5.66. The van der Waals surface area contributed by atoms with Crippen molar-refractivity contribution in [1.82, 2.24) is 15.2 Å². The Morgan fingerprint density at radius 1 is 1.42 bits per heavy atom. The van der Waals surface area contributed by atoms with Crippen molar-refractivity contribution >= 4 is 22.7 Å². The Hall–Kier alpha value is -1.04. The first-order valence-corrected chi connectivity index (χ1v) is 7.86. The Bertz CT molecular complexity index is 523. The highest BCUT2D eigenvalue weighted by atomic mass is 32.2. The molecule has 4 nitrogen and oxygen atoms in total. The molecule has 1 atom stereocenters. The van der Waals surface area contributed by atoms with Gasteiger partial charge in [0.15, 0.2) is 0 Å². The third kappa shape index (κ3) is 3.49. The molecule has 0 saturated carbocycles. The highest BCUT2D eigenvalue weighted by Crippen LogP contribution is 2.19. The molecule has 0 bridgehead atoms. The van der Waals surface area contributed by atoms with Crippen LogP contribution in [0.15, 0.2) is 24.3 Å². The first-order valence-electron chi connectivity index (χ1n) is 6.70. The van der Waals surface area contributed by atoms with E-state index in [0.717, 1.165) is 17.9 Å². The van der Waals surface area contributed by atoms with Crippen molar-refractivity contribution in [2.75, 3.05) is 11.5 Å². The topological polar surface area (TPSA) is 55.9 Å². The Balaban J connectivity index is 2.11. The summed E-state index contributed by atoms with van der Waals surface area (Å²) < 4.78 is 1.94. The van der Waals surface area contributed by atoms with E-state index in [9.17, 15) is 0 Å². The van der Waals surface area contributed by atoms with Crippen LogP contribution in [-0.4, -0.2) is 27.3 Å². The second-order valence-electron chi connectivity index (χ2n) is 4.73. The standard InChI is InChI=1S/C14H22N4S/c1-3-8-19-10-11(16-15)9-13-12-6-4-5-7-14(12)18(2)17-13/h4-7,11,16H,3,8-10,15H2,1-2H3. The van der Waals surface area contributed by atoms with Gasteiger partial charge in [-0.05, 0) is 18.2 Å². The van der Waals surface area contributed by atoms with Gasteiger partial charge in [-0.1, -0.05) is 25.1 Å². The highest BCUT2D eigenvalue weighted by molar-refractivity contribution is 7.99. The number of hydrazine groups is 1. The molecule has 0 saturated heterocycles. The number of aryl methyl sites for hydroxylation is 1. The number of aromatic nitrogens is 2. The van der Waals surface area contributed by atoms with Crippen molar-refractivity contribution in [3.63, 3.8) is 0 Å². The number of rotatable bonds is 7. The number of benzene rings is 1. The molecule has 5 heteroatoms. The fraction of sp³-hybridized carbons (Fsp3) is 0.500. The number of nitrogens with two attached hydrogens (primary N) is 1. The van der Waals surface area contributed by atoms with Crippen LogP contribution in [0.3, 0.4) is 0 Å². The van der Waals surface area contributed by atoms with Crippen molar-refractivity contribution in [2.45, 2.75) is 25.8 Å². The summed E-state index contributed by atoms with van der Waals surface area (Å²) in [6.07, 6.45) is 2.07. The molecular formula is C14H22N4S. The molecule has 104 valence electrons. The molecule has 2 rings (SSSR count). The minimum absolute atomic E-state index is 0.273. The van der Waals surface area contributed by atoms with Crippen LogP contribution in [0.4, 0.5) is 0 Å². The molecule has 2 aromatic rings. The average Bonchev–Trinajstić information content (AvgIpc) is 2.75. The van der Waals surface area contributed by atoms with E-state index >= 15 is 0 Å². The number of nitrogens with one attached hydrogen (secondary N) is 1. The zero-order valence-corrected chi connectivity index (χ0v) is 12.4. The molecule has 0 aliphatic rings. The van der Waals surface area contributed by atoms with Gasteiger partial charge >= 0.3 is 0 Å². The third-order valence-electron chi connectivity index (χ3n) is 3.18. The Kier molecular flexibility index (Phi) is 5.24. The van der Waals surface area contributed by atoms with E-state index in [1.807, 2.05) is 29.6 Å². The fourth-order valence-electron chi connectivity index (χ4n) is 2.21. The summed E-state index contributed by atoms with van der Waals surface area (Å²) in [5.41, 5.74) is 5.21. The number of para-hydroxylation sites is 1. The van der Waals surface area contributed by atoms with Gasteiger partial charge in [0, 0.05) is 30.6 Å². The summed E-state index contributed by atoms with van der Waals surface area (Å²) in [6.45, 7) is 2.20. The lowest BCUT2D eigenvalue weighted by atomic mass is 10.1. The monoisotopic (exact) mass is 278 g/mol. The van der Waals surface area contributed by atoms with Crippen LogP contribution in [0.2, 0.25) is 0 Å². The molecule has 19 heavy (non-hydrogen) atoms. The van der Waals surface area contributed by atoms with Crippen molar-refractivity contribution in [3.8, 4) is 0 Å². The summed E-state index contributed by atoms with van der Waals surface area (Å²) in [5, 5.41) is 5.85. The van der Waals surface area contributed by atoms with Crippen LogP contribution >= 0.6 is 11.8 Å². The van der Waals surface area contributed by atoms with Gasteiger partial charge in [0.2, 0.25) is 0 Å². The van der Waals surface area contributed by atoms with Crippen molar-refractivity contribution < 1.29 is 0 Å². The molecule has 3 N–H and O–H groups in total. The quantitative estimate of drug-likeness (QED) is 0.462. The number of fused-ring (bicyclic) bond motifs is 1. The molecule has 1 aromatic carbocycles. The molecule has 0 spiro atoms. The minimum atomic E-state index is 0.273. The molecule has 1 aromatic heterocycles. The van der Waals surface area contributed by atoms with E-state index in [4.69, 9.17) is 5.84 Å². The molecule has 1 heterocycles. The zero-order chi connectivity index (χ0) is 13.7. The lowest BCUT2D eigenvalue weighted by Gasteiger charge is -2.14. The van der Waals surface area contributed by atoms with Gasteiger partial charge in [-0.15, -0.1) is 0 Å². The first-order chi connectivity index (χ1) is 9.26. The van der Waals surface area contributed by atoms with E-state index in [-0.39, 0.29) is 6.04 Å². The summed E-state index contributed by atoms with van der Waals surface area (Å²) in [7, 11) is 1.99. The maximum atomic E-state index is 5.66. The van der Waals surface area contributed by atoms with Crippen LogP contribution < -0.4 is 11.3 Å². The van der Waals surface area contributed by atoms with Gasteiger partial charge in [0.1, 0.15) is 0 Å². The van der Waals surface area contributed by atoms with Gasteiger partial charge in [-0.25, -0.2) is 0 Å². The largest absolute Gasteiger partial charge is 0.271 e. The van der Waals surface area contributed by atoms with Crippen LogP contribution in [0, 0.1) is 0 Å². The molecule has 0 aliphatic carbocycles. The molecule has 0 fully saturated rings. The maximum Gasteiger partial charge on any atom is 0.0719 e. The molecular weight excluding hydrogens is 256 g/mol. The number of hydrogen-bond donors (Lipinski definition) is 2. The Morgan fingerprint density at radius 3 is 2.95 bits per heavy atom. The van der Waals surface area contributed by atoms with E-state index in [0.29, 0.717) is 0 Å². The Morgan fingerprint density at radius 2 is 2.21 bits per heavy atom. The van der Waals surface area contributed by atoms with Crippen molar-refractivity contribution in [1.29, 1.82) is 0 Å².